The number of nitrogens with one attached hydrogen (secondary N) is 1. The van der Waals surface area contributed by atoms with Crippen molar-refractivity contribution in [2.75, 3.05) is 17.7 Å². The van der Waals surface area contributed by atoms with Crippen LogP contribution in [0.3, 0.4) is 0 Å². The average molecular weight is 433 g/mol. The van der Waals surface area contributed by atoms with Gasteiger partial charge in [0.05, 0.1) is 30.2 Å². The summed E-state index contributed by atoms with van der Waals surface area (Å²) in [5.41, 5.74) is 1.60. The second kappa shape index (κ2) is 9.02. The zero-order valence-corrected chi connectivity index (χ0v) is 17.5. The van der Waals surface area contributed by atoms with E-state index < -0.39 is 0 Å². The largest absolute Gasteiger partial charge is 0.469 e. The number of thioether (sulfide) groups is 1. The van der Waals surface area contributed by atoms with Crippen molar-refractivity contribution in [3.63, 3.8) is 0 Å². The molecule has 1 amide bonds. The number of aryl methyl sites for hydroxylation is 1. The molecule has 7 nitrogen and oxygen atoms in total. The highest BCUT2D eigenvalue weighted by Crippen LogP contribution is 2.29. The van der Waals surface area contributed by atoms with E-state index in [1.165, 1.54) is 11.8 Å². The molecule has 0 saturated carbocycles. The van der Waals surface area contributed by atoms with E-state index in [4.69, 9.17) is 20.8 Å². The van der Waals surface area contributed by atoms with Crippen molar-refractivity contribution in [1.82, 2.24) is 14.8 Å². The maximum absolute atomic E-state index is 12.4. The molecule has 3 heterocycles. The highest BCUT2D eigenvalue weighted by atomic mass is 35.5. The molecule has 0 radical (unpaired) electrons. The molecule has 3 aromatic rings. The van der Waals surface area contributed by atoms with Gasteiger partial charge in [0.15, 0.2) is 11.0 Å². The summed E-state index contributed by atoms with van der Waals surface area (Å²) in [5.74, 6) is 1.61. The van der Waals surface area contributed by atoms with Gasteiger partial charge in [0.2, 0.25) is 5.91 Å². The molecule has 1 atom stereocenters. The third-order valence-corrected chi connectivity index (χ3v) is 5.91. The minimum absolute atomic E-state index is 0.120. The van der Waals surface area contributed by atoms with E-state index in [9.17, 15) is 4.79 Å². The second-order valence-electron chi connectivity index (χ2n) is 6.79. The molecule has 1 fully saturated rings. The SMILES string of the molecule is Cc1occc1-c1nnc(SCC(=O)Nc2ccc(Cl)cc2)n1CC1CCCO1. The Kier molecular flexibility index (Phi) is 6.22. The van der Waals surface area contributed by atoms with Gasteiger partial charge in [-0.2, -0.15) is 0 Å². The van der Waals surface area contributed by atoms with Crippen LogP contribution in [0.1, 0.15) is 18.6 Å². The highest BCUT2D eigenvalue weighted by Gasteiger charge is 2.23. The minimum atomic E-state index is -0.120. The first-order valence-corrected chi connectivity index (χ1v) is 10.7. The Morgan fingerprint density at radius 3 is 2.83 bits per heavy atom. The quantitative estimate of drug-likeness (QED) is 0.557. The van der Waals surface area contributed by atoms with Gasteiger partial charge in [-0.25, -0.2) is 0 Å². The molecule has 1 aliphatic heterocycles. The third kappa shape index (κ3) is 4.83. The molecule has 152 valence electrons. The standard InChI is InChI=1S/C20H21ClN4O3S/c1-13-17(8-10-27-13)19-23-24-20(25(19)11-16-3-2-9-28-16)29-12-18(26)22-15-6-4-14(21)5-7-15/h4-8,10,16H,2-3,9,11-12H2,1H3,(H,22,26). The monoisotopic (exact) mass is 432 g/mol. The Labute approximate surface area is 177 Å². The molecule has 0 bridgehead atoms. The number of ether oxygens (including phenoxy) is 1. The lowest BCUT2D eigenvalue weighted by Gasteiger charge is -2.14. The first kappa shape index (κ1) is 20.0. The molecule has 29 heavy (non-hydrogen) atoms. The number of amides is 1. The number of furan rings is 1. The van der Waals surface area contributed by atoms with Crippen LogP contribution in [-0.2, 0) is 16.1 Å². The summed E-state index contributed by atoms with van der Waals surface area (Å²) < 4.78 is 13.3. The smallest absolute Gasteiger partial charge is 0.234 e. The predicted octanol–water partition coefficient (Wildman–Crippen LogP) is 4.41. The van der Waals surface area contributed by atoms with E-state index in [1.807, 2.05) is 17.6 Å². The number of halogens is 1. The number of anilines is 1. The zero-order valence-electron chi connectivity index (χ0n) is 15.9. The van der Waals surface area contributed by atoms with Gasteiger partial charge in [-0.3, -0.25) is 9.36 Å². The molecule has 2 aromatic heterocycles. The van der Waals surface area contributed by atoms with Crippen molar-refractivity contribution < 1.29 is 13.9 Å². The lowest BCUT2D eigenvalue weighted by atomic mass is 10.2. The Morgan fingerprint density at radius 2 is 2.14 bits per heavy atom. The van der Waals surface area contributed by atoms with Gasteiger partial charge in [0, 0.05) is 17.3 Å². The molecule has 1 aromatic carbocycles. The van der Waals surface area contributed by atoms with Gasteiger partial charge in [0.1, 0.15) is 5.76 Å². The van der Waals surface area contributed by atoms with E-state index in [0.29, 0.717) is 22.4 Å². The van der Waals surface area contributed by atoms with Crippen molar-refractivity contribution in [3.8, 4) is 11.4 Å². The zero-order chi connectivity index (χ0) is 20.2. The van der Waals surface area contributed by atoms with E-state index in [1.54, 1.807) is 30.5 Å². The molecular weight excluding hydrogens is 412 g/mol. The number of hydrogen-bond donors (Lipinski definition) is 1. The lowest BCUT2D eigenvalue weighted by molar-refractivity contribution is -0.113. The van der Waals surface area contributed by atoms with Crippen molar-refractivity contribution in [2.24, 2.45) is 0 Å². The van der Waals surface area contributed by atoms with Gasteiger partial charge >= 0.3 is 0 Å². The number of carbonyl (C=O) groups is 1. The van der Waals surface area contributed by atoms with Crippen LogP contribution in [0.4, 0.5) is 5.69 Å². The number of rotatable bonds is 7. The van der Waals surface area contributed by atoms with Crippen LogP contribution < -0.4 is 5.32 Å². The van der Waals surface area contributed by atoms with Crippen LogP contribution in [0.15, 0.2) is 46.2 Å². The fourth-order valence-electron chi connectivity index (χ4n) is 3.23. The summed E-state index contributed by atoms with van der Waals surface area (Å²) in [4.78, 5) is 12.4. The number of aromatic nitrogens is 3. The first-order valence-electron chi connectivity index (χ1n) is 9.37. The van der Waals surface area contributed by atoms with Crippen molar-refractivity contribution in [3.05, 3.63) is 47.4 Å². The van der Waals surface area contributed by atoms with Crippen LogP contribution in [0.5, 0.6) is 0 Å². The van der Waals surface area contributed by atoms with Crippen LogP contribution in [0.25, 0.3) is 11.4 Å². The van der Waals surface area contributed by atoms with Gasteiger partial charge in [-0.1, -0.05) is 23.4 Å². The second-order valence-corrected chi connectivity index (χ2v) is 8.16. The molecule has 1 N–H and O–H groups in total. The van der Waals surface area contributed by atoms with E-state index >= 15 is 0 Å². The Hall–Kier alpha value is -2.29. The fraction of sp³-hybridized carbons (Fsp3) is 0.350. The van der Waals surface area contributed by atoms with Crippen LogP contribution in [-0.4, -0.2) is 39.1 Å². The molecule has 0 spiro atoms. The predicted molar refractivity (Wildman–Crippen MR) is 112 cm³/mol. The summed E-state index contributed by atoms with van der Waals surface area (Å²) in [7, 11) is 0. The molecule has 9 heteroatoms. The molecule has 1 aliphatic rings. The summed E-state index contributed by atoms with van der Waals surface area (Å²) in [6.45, 7) is 3.32. The molecule has 0 aliphatic carbocycles. The Balaban J connectivity index is 1.48. The minimum Gasteiger partial charge on any atom is -0.469 e. The molecule has 4 rings (SSSR count). The van der Waals surface area contributed by atoms with E-state index in [0.717, 1.165) is 36.6 Å². The summed E-state index contributed by atoms with van der Waals surface area (Å²) in [6, 6.07) is 8.90. The maximum Gasteiger partial charge on any atom is 0.234 e. The van der Waals surface area contributed by atoms with Gasteiger partial charge in [-0.15, -0.1) is 10.2 Å². The van der Waals surface area contributed by atoms with Crippen molar-refractivity contribution in [2.45, 2.75) is 37.6 Å². The molecule has 1 saturated heterocycles. The molecular formula is C20H21ClN4O3S. The maximum atomic E-state index is 12.4. The molecule has 1 unspecified atom stereocenters. The van der Waals surface area contributed by atoms with Crippen molar-refractivity contribution in [1.29, 1.82) is 0 Å². The average Bonchev–Trinajstić information content (AvgIpc) is 3.44. The fourth-order valence-corrected chi connectivity index (χ4v) is 4.10. The number of hydrogen-bond acceptors (Lipinski definition) is 6. The Morgan fingerprint density at radius 1 is 1.31 bits per heavy atom. The number of carbonyl (C=O) groups excluding carboxylic acids is 1. The third-order valence-electron chi connectivity index (χ3n) is 4.69. The number of benzene rings is 1. The highest BCUT2D eigenvalue weighted by molar-refractivity contribution is 7.99. The lowest BCUT2D eigenvalue weighted by Crippen LogP contribution is -2.18. The summed E-state index contributed by atoms with van der Waals surface area (Å²) in [5, 5.41) is 12.9. The van der Waals surface area contributed by atoms with Gasteiger partial charge < -0.3 is 14.5 Å². The van der Waals surface area contributed by atoms with Crippen LogP contribution in [0.2, 0.25) is 5.02 Å². The van der Waals surface area contributed by atoms with Crippen molar-refractivity contribution >= 4 is 35.0 Å². The van der Waals surface area contributed by atoms with E-state index in [-0.39, 0.29) is 17.8 Å². The topological polar surface area (TPSA) is 82.2 Å². The number of nitrogens with zero attached hydrogens (tertiary/aromatic N) is 3. The van der Waals surface area contributed by atoms with Crippen LogP contribution in [0, 0.1) is 6.92 Å². The van der Waals surface area contributed by atoms with Crippen LogP contribution >= 0.6 is 23.4 Å². The van der Waals surface area contributed by atoms with Gasteiger partial charge in [-0.05, 0) is 50.1 Å². The summed E-state index contributed by atoms with van der Waals surface area (Å²) >= 11 is 7.23. The van der Waals surface area contributed by atoms with E-state index in [2.05, 4.69) is 15.5 Å². The normalized spacial score (nSPS) is 16.3. The van der Waals surface area contributed by atoms with Gasteiger partial charge in [0.25, 0.3) is 0 Å². The Bertz CT molecular complexity index is 980. The first-order chi connectivity index (χ1) is 14.1. The summed E-state index contributed by atoms with van der Waals surface area (Å²) in [6.07, 6.45) is 3.82.